The van der Waals surface area contributed by atoms with E-state index in [9.17, 15) is 0 Å². The largest absolute Gasteiger partial charge is 0.358 e. The molecule has 0 heterocycles. The van der Waals surface area contributed by atoms with Gasteiger partial charge in [-0.05, 0) is 36.6 Å². The highest BCUT2D eigenvalue weighted by molar-refractivity contribution is 7.80. The van der Waals surface area contributed by atoms with Gasteiger partial charge in [0.1, 0.15) is 0 Å². The zero-order valence-electron chi connectivity index (χ0n) is 8.55. The van der Waals surface area contributed by atoms with Crippen molar-refractivity contribution >= 4 is 17.3 Å². The van der Waals surface area contributed by atoms with Gasteiger partial charge in [0.25, 0.3) is 0 Å². The Bertz CT molecular complexity index is 344. The number of rotatable bonds is 4. The van der Waals surface area contributed by atoms with Gasteiger partial charge in [0.2, 0.25) is 0 Å². The summed E-state index contributed by atoms with van der Waals surface area (Å²) in [6.07, 6.45) is 8.51. The Hall–Kier alpha value is -1.29. The van der Waals surface area contributed by atoms with Crippen LogP contribution in [0.1, 0.15) is 12.8 Å². The van der Waals surface area contributed by atoms with Crippen LogP contribution in [0.5, 0.6) is 0 Å². The number of thiocarbonyl (C=S) groups is 1. The van der Waals surface area contributed by atoms with E-state index < -0.39 is 0 Å². The topological polar surface area (TPSA) is 36.1 Å². The molecule has 4 heteroatoms. The Morgan fingerprint density at radius 3 is 3.27 bits per heavy atom. The Balaban J connectivity index is 1.75. The maximum absolute atomic E-state index is 5.06. The molecule has 0 aliphatic heterocycles. The summed E-state index contributed by atoms with van der Waals surface area (Å²) in [5, 5.41) is 3.60. The molecule has 3 nitrogen and oxygen atoms in total. The fourth-order valence-electron chi connectivity index (χ4n) is 1.86. The minimum atomic E-state index is 0.605. The van der Waals surface area contributed by atoms with E-state index in [1.165, 1.54) is 17.7 Å². The molecule has 0 spiro atoms. The lowest BCUT2D eigenvalue weighted by Crippen LogP contribution is -2.45. The molecule has 0 bridgehead atoms. The second kappa shape index (κ2) is 4.49. The van der Waals surface area contributed by atoms with E-state index >= 15 is 0 Å². The van der Waals surface area contributed by atoms with E-state index in [0.29, 0.717) is 11.7 Å². The molecule has 0 unspecified atom stereocenters. The number of nitrogens with one attached hydrogen (secondary N) is 3. The molecule has 3 N–H and O–H groups in total. The van der Waals surface area contributed by atoms with E-state index in [1.54, 1.807) is 6.08 Å². The zero-order chi connectivity index (χ0) is 10.7. The predicted molar refractivity (Wildman–Crippen MR) is 66.0 cm³/mol. The lowest BCUT2D eigenvalue weighted by molar-refractivity contribution is 0.515. The summed E-state index contributed by atoms with van der Waals surface area (Å²) in [4.78, 5) is 0. The first-order chi connectivity index (χ1) is 7.31. The smallest absolute Gasteiger partial charge is 0.185 e. The summed E-state index contributed by atoms with van der Waals surface area (Å²) in [6.45, 7) is 4.29. The van der Waals surface area contributed by atoms with Gasteiger partial charge in [0, 0.05) is 12.2 Å². The Kier molecular flexibility index (Phi) is 3.06. The first-order valence-corrected chi connectivity index (χ1v) is 5.52. The molecular weight excluding hydrogens is 206 g/mol. The molecule has 2 aliphatic rings. The molecule has 15 heavy (non-hydrogen) atoms. The maximum Gasteiger partial charge on any atom is 0.185 e. The highest BCUT2D eigenvalue weighted by Crippen LogP contribution is 2.40. The summed E-state index contributed by atoms with van der Waals surface area (Å²) in [6, 6.07) is 0. The molecule has 1 atom stereocenters. The number of hydrogen-bond donors (Lipinski definition) is 3. The van der Waals surface area contributed by atoms with Crippen molar-refractivity contribution in [2.45, 2.75) is 12.8 Å². The SMILES string of the molecule is C=CCNC(=S)NNC1=C2C=CC[C@@H]2C1. The van der Waals surface area contributed by atoms with Gasteiger partial charge in [-0.1, -0.05) is 18.2 Å². The second-order valence-electron chi connectivity index (χ2n) is 3.72. The third-order valence-electron chi connectivity index (χ3n) is 2.69. The molecular formula is C11H15N3S. The number of fused-ring (bicyclic) bond motifs is 1. The number of allylic oxidation sites excluding steroid dienone is 4. The van der Waals surface area contributed by atoms with Crippen molar-refractivity contribution in [1.82, 2.24) is 16.2 Å². The van der Waals surface area contributed by atoms with Gasteiger partial charge < -0.3 is 10.7 Å². The van der Waals surface area contributed by atoms with Crippen molar-refractivity contribution in [3.63, 3.8) is 0 Å². The number of hydrogen-bond acceptors (Lipinski definition) is 2. The standard InChI is InChI=1S/C11H15N3S/c1-2-6-12-11(15)14-13-10-7-8-4-3-5-9(8)10/h2-3,5,8,13H,1,4,6-7H2,(H2,12,14,15)/t8-/m1/s1. The van der Waals surface area contributed by atoms with E-state index in [0.717, 1.165) is 12.3 Å². The third-order valence-corrected chi connectivity index (χ3v) is 2.94. The fraction of sp³-hybridized carbons (Fsp3) is 0.364. The van der Waals surface area contributed by atoms with Crippen LogP contribution in [0, 0.1) is 5.92 Å². The van der Waals surface area contributed by atoms with Crippen molar-refractivity contribution in [3.05, 3.63) is 36.1 Å². The fourth-order valence-corrected chi connectivity index (χ4v) is 1.99. The normalized spacial score (nSPS) is 21.7. The minimum absolute atomic E-state index is 0.605. The molecule has 0 amide bonds. The molecule has 0 saturated carbocycles. The molecule has 0 aromatic carbocycles. The van der Waals surface area contributed by atoms with Crippen LogP contribution in [0.15, 0.2) is 36.1 Å². The zero-order valence-corrected chi connectivity index (χ0v) is 9.36. The van der Waals surface area contributed by atoms with Gasteiger partial charge in [-0.25, -0.2) is 0 Å². The molecule has 0 aromatic heterocycles. The van der Waals surface area contributed by atoms with Gasteiger partial charge in [-0.3, -0.25) is 5.43 Å². The van der Waals surface area contributed by atoms with Crippen LogP contribution >= 0.6 is 12.2 Å². The van der Waals surface area contributed by atoms with Gasteiger partial charge in [0.15, 0.2) is 5.11 Å². The van der Waals surface area contributed by atoms with Crippen LogP contribution in [-0.2, 0) is 0 Å². The Morgan fingerprint density at radius 1 is 1.67 bits per heavy atom. The van der Waals surface area contributed by atoms with E-state index in [2.05, 4.69) is 34.9 Å². The van der Waals surface area contributed by atoms with Crippen LogP contribution in [0.2, 0.25) is 0 Å². The monoisotopic (exact) mass is 221 g/mol. The molecule has 0 radical (unpaired) electrons. The van der Waals surface area contributed by atoms with Gasteiger partial charge in [0.05, 0.1) is 0 Å². The van der Waals surface area contributed by atoms with Crippen LogP contribution in [0.4, 0.5) is 0 Å². The third kappa shape index (κ3) is 2.21. The average molecular weight is 221 g/mol. The highest BCUT2D eigenvalue weighted by atomic mass is 32.1. The second-order valence-corrected chi connectivity index (χ2v) is 4.13. The van der Waals surface area contributed by atoms with Crippen LogP contribution in [0.25, 0.3) is 0 Å². The van der Waals surface area contributed by atoms with E-state index in [4.69, 9.17) is 12.2 Å². The summed E-state index contributed by atoms with van der Waals surface area (Å²) in [7, 11) is 0. The molecule has 0 fully saturated rings. The molecule has 2 aliphatic carbocycles. The summed E-state index contributed by atoms with van der Waals surface area (Å²) in [5.74, 6) is 0.754. The summed E-state index contributed by atoms with van der Waals surface area (Å²) in [5.41, 5.74) is 8.79. The Labute approximate surface area is 95.3 Å². The van der Waals surface area contributed by atoms with E-state index in [1.807, 2.05) is 0 Å². The molecule has 0 saturated heterocycles. The minimum Gasteiger partial charge on any atom is -0.358 e. The predicted octanol–water partition coefficient (Wildman–Crippen LogP) is 1.38. The van der Waals surface area contributed by atoms with Crippen molar-refractivity contribution in [3.8, 4) is 0 Å². The maximum atomic E-state index is 5.06. The molecule has 80 valence electrons. The summed E-state index contributed by atoms with van der Waals surface area (Å²) < 4.78 is 0. The Morgan fingerprint density at radius 2 is 2.53 bits per heavy atom. The van der Waals surface area contributed by atoms with Crippen molar-refractivity contribution in [1.29, 1.82) is 0 Å². The molecule has 0 aromatic rings. The van der Waals surface area contributed by atoms with Crippen LogP contribution in [0.3, 0.4) is 0 Å². The highest BCUT2D eigenvalue weighted by Gasteiger charge is 2.29. The molecule has 2 rings (SSSR count). The van der Waals surface area contributed by atoms with Crippen LogP contribution < -0.4 is 16.2 Å². The summed E-state index contributed by atoms with van der Waals surface area (Å²) >= 11 is 5.06. The lowest BCUT2D eigenvalue weighted by Gasteiger charge is -2.29. The van der Waals surface area contributed by atoms with Crippen molar-refractivity contribution < 1.29 is 0 Å². The van der Waals surface area contributed by atoms with Crippen LogP contribution in [-0.4, -0.2) is 11.7 Å². The quantitative estimate of drug-likeness (QED) is 0.381. The average Bonchev–Trinajstić information content (AvgIpc) is 2.57. The lowest BCUT2D eigenvalue weighted by atomic mass is 9.84. The first kappa shape index (κ1) is 10.2. The van der Waals surface area contributed by atoms with E-state index in [-0.39, 0.29) is 0 Å². The van der Waals surface area contributed by atoms with Gasteiger partial charge >= 0.3 is 0 Å². The number of hydrazine groups is 1. The first-order valence-electron chi connectivity index (χ1n) is 5.11. The van der Waals surface area contributed by atoms with Crippen molar-refractivity contribution in [2.24, 2.45) is 5.92 Å². The van der Waals surface area contributed by atoms with Gasteiger partial charge in [-0.2, -0.15) is 0 Å². The van der Waals surface area contributed by atoms with Gasteiger partial charge in [-0.15, -0.1) is 6.58 Å². The van der Waals surface area contributed by atoms with Crippen molar-refractivity contribution in [2.75, 3.05) is 6.54 Å².